The van der Waals surface area contributed by atoms with Gasteiger partial charge in [-0.05, 0) is 24.3 Å². The maximum Gasteiger partial charge on any atom is 0.255 e. The number of nitrogens with one attached hydrogen (secondary N) is 2. The molecular weight excluding hydrogens is 349 g/mol. The average molecular weight is 369 g/mol. The summed E-state index contributed by atoms with van der Waals surface area (Å²) in [6.45, 7) is 5.98. The van der Waals surface area contributed by atoms with Gasteiger partial charge in [-0.1, -0.05) is 38.1 Å². The van der Waals surface area contributed by atoms with Crippen molar-refractivity contribution in [3.05, 3.63) is 65.7 Å². The normalized spacial score (nSPS) is 11.3. The molecule has 0 aliphatic rings. The third-order valence-electron chi connectivity index (χ3n) is 3.70. The summed E-state index contributed by atoms with van der Waals surface area (Å²) in [5, 5.41) is 9.44. The van der Waals surface area contributed by atoms with Crippen molar-refractivity contribution in [2.24, 2.45) is 0 Å². The fraction of sp³-hybridized carbons (Fsp3) is 0.263. The number of aromatic nitrogens is 3. The number of hydrogen-bond acceptors (Lipinski definition) is 6. The van der Waals surface area contributed by atoms with Gasteiger partial charge in [-0.3, -0.25) is 4.79 Å². The summed E-state index contributed by atoms with van der Waals surface area (Å²) in [5.74, 6) is 0.305. The zero-order valence-corrected chi connectivity index (χ0v) is 15.3. The van der Waals surface area contributed by atoms with E-state index in [0.717, 1.165) is 0 Å². The van der Waals surface area contributed by atoms with Crippen molar-refractivity contribution in [1.29, 1.82) is 0 Å². The van der Waals surface area contributed by atoms with Crippen molar-refractivity contribution in [2.75, 3.05) is 5.32 Å². The Morgan fingerprint density at radius 3 is 2.67 bits per heavy atom. The number of amides is 1. The van der Waals surface area contributed by atoms with Crippen molar-refractivity contribution >= 4 is 17.4 Å². The van der Waals surface area contributed by atoms with E-state index in [1.807, 2.05) is 20.8 Å². The Bertz CT molecular complexity index is 949. The van der Waals surface area contributed by atoms with E-state index in [4.69, 9.17) is 4.52 Å². The smallest absolute Gasteiger partial charge is 0.255 e. The maximum atomic E-state index is 13.9. The Hall–Kier alpha value is -3.29. The van der Waals surface area contributed by atoms with E-state index in [9.17, 15) is 9.18 Å². The number of nitrogens with zero attached hydrogens (tertiary/aromatic N) is 3. The summed E-state index contributed by atoms with van der Waals surface area (Å²) >= 11 is 0. The van der Waals surface area contributed by atoms with E-state index < -0.39 is 5.82 Å². The summed E-state index contributed by atoms with van der Waals surface area (Å²) < 4.78 is 19.1. The molecule has 140 valence electrons. The quantitative estimate of drug-likeness (QED) is 0.714. The van der Waals surface area contributed by atoms with Crippen molar-refractivity contribution in [3.63, 3.8) is 0 Å². The molecule has 0 spiro atoms. The number of pyridine rings is 1. The van der Waals surface area contributed by atoms with Crippen LogP contribution in [-0.4, -0.2) is 21.0 Å². The van der Waals surface area contributed by atoms with Gasteiger partial charge < -0.3 is 15.2 Å². The highest BCUT2D eigenvalue weighted by Gasteiger charge is 2.22. The van der Waals surface area contributed by atoms with Crippen molar-refractivity contribution < 1.29 is 13.7 Å². The molecular formula is C19H20FN5O2. The molecule has 0 radical (unpaired) electrons. The second-order valence-corrected chi connectivity index (χ2v) is 6.95. The molecule has 0 atom stereocenters. The SMILES string of the molecule is CC(C)(C)c1nc(CNC(=O)c2cccnc2Nc2ccccc2F)no1. The minimum atomic E-state index is -0.434. The maximum absolute atomic E-state index is 13.9. The molecule has 7 nitrogen and oxygen atoms in total. The van der Waals surface area contributed by atoms with Gasteiger partial charge in [0.25, 0.3) is 5.91 Å². The third kappa shape index (κ3) is 4.46. The van der Waals surface area contributed by atoms with Crippen molar-refractivity contribution in [2.45, 2.75) is 32.7 Å². The fourth-order valence-corrected chi connectivity index (χ4v) is 2.26. The molecule has 0 fully saturated rings. The molecule has 1 amide bonds. The number of anilines is 2. The van der Waals surface area contributed by atoms with E-state index in [-0.39, 0.29) is 34.9 Å². The number of halogens is 1. The molecule has 3 aromatic rings. The largest absolute Gasteiger partial charge is 0.344 e. The first-order chi connectivity index (χ1) is 12.8. The topological polar surface area (TPSA) is 92.9 Å². The fourth-order valence-electron chi connectivity index (χ4n) is 2.26. The molecule has 1 aromatic carbocycles. The Kier molecular flexibility index (Phi) is 5.16. The van der Waals surface area contributed by atoms with Gasteiger partial charge in [-0.15, -0.1) is 0 Å². The van der Waals surface area contributed by atoms with Crippen molar-refractivity contribution in [1.82, 2.24) is 20.4 Å². The second kappa shape index (κ2) is 7.53. The highest BCUT2D eigenvalue weighted by Crippen LogP contribution is 2.21. The van der Waals surface area contributed by atoms with Crippen LogP contribution in [0, 0.1) is 5.82 Å². The predicted octanol–water partition coefficient (Wildman–Crippen LogP) is 3.57. The summed E-state index contributed by atoms with van der Waals surface area (Å²) in [6.07, 6.45) is 1.52. The predicted molar refractivity (Wildman–Crippen MR) is 98.1 cm³/mol. The highest BCUT2D eigenvalue weighted by molar-refractivity contribution is 5.99. The number of carbonyl (C=O) groups is 1. The minimum Gasteiger partial charge on any atom is -0.344 e. The van der Waals surface area contributed by atoms with Crippen LogP contribution in [0.4, 0.5) is 15.9 Å². The van der Waals surface area contributed by atoms with E-state index in [0.29, 0.717) is 11.7 Å². The summed E-state index contributed by atoms with van der Waals surface area (Å²) in [4.78, 5) is 21.0. The number of para-hydroxylation sites is 1. The van der Waals surface area contributed by atoms with Crippen LogP contribution >= 0.6 is 0 Å². The zero-order valence-electron chi connectivity index (χ0n) is 15.3. The van der Waals surface area contributed by atoms with Crippen LogP contribution < -0.4 is 10.6 Å². The number of hydrogen-bond donors (Lipinski definition) is 2. The average Bonchev–Trinajstić information content (AvgIpc) is 3.12. The van der Waals surface area contributed by atoms with Crippen LogP contribution in [0.15, 0.2) is 47.1 Å². The summed E-state index contributed by atoms with van der Waals surface area (Å²) in [7, 11) is 0. The monoisotopic (exact) mass is 369 g/mol. The Labute approximate surface area is 156 Å². The summed E-state index contributed by atoms with van der Waals surface area (Å²) in [6, 6.07) is 9.41. The van der Waals surface area contributed by atoms with E-state index >= 15 is 0 Å². The molecule has 0 aliphatic heterocycles. The first-order valence-electron chi connectivity index (χ1n) is 8.42. The second-order valence-electron chi connectivity index (χ2n) is 6.95. The molecule has 0 unspecified atom stereocenters. The first-order valence-corrected chi connectivity index (χ1v) is 8.42. The van der Waals surface area contributed by atoms with Gasteiger partial charge >= 0.3 is 0 Å². The molecule has 8 heteroatoms. The molecule has 2 N–H and O–H groups in total. The molecule has 3 rings (SSSR count). The van der Waals surface area contributed by atoms with Crippen LogP contribution in [0.5, 0.6) is 0 Å². The van der Waals surface area contributed by atoms with Crippen LogP contribution in [-0.2, 0) is 12.0 Å². The molecule has 0 bridgehead atoms. The Morgan fingerprint density at radius 2 is 1.96 bits per heavy atom. The lowest BCUT2D eigenvalue weighted by molar-refractivity contribution is 0.0950. The van der Waals surface area contributed by atoms with Gasteiger partial charge in [0.1, 0.15) is 11.6 Å². The lowest BCUT2D eigenvalue weighted by atomic mass is 9.97. The molecule has 0 saturated heterocycles. The molecule has 0 aliphatic carbocycles. The van der Waals surface area contributed by atoms with Crippen LogP contribution in [0.1, 0.15) is 42.8 Å². The van der Waals surface area contributed by atoms with Gasteiger partial charge in [0.05, 0.1) is 17.8 Å². The van der Waals surface area contributed by atoms with Gasteiger partial charge in [0.15, 0.2) is 5.82 Å². The lowest BCUT2D eigenvalue weighted by Gasteiger charge is -2.11. The van der Waals surface area contributed by atoms with E-state index in [1.54, 1.807) is 30.3 Å². The lowest BCUT2D eigenvalue weighted by Crippen LogP contribution is -2.24. The van der Waals surface area contributed by atoms with Crippen LogP contribution in [0.3, 0.4) is 0 Å². The van der Waals surface area contributed by atoms with Crippen LogP contribution in [0.25, 0.3) is 0 Å². The van der Waals surface area contributed by atoms with Gasteiger partial charge in [-0.2, -0.15) is 4.98 Å². The molecule has 27 heavy (non-hydrogen) atoms. The van der Waals surface area contributed by atoms with Crippen LogP contribution in [0.2, 0.25) is 0 Å². The Balaban J connectivity index is 1.72. The first kappa shape index (κ1) is 18.5. The molecule has 2 aromatic heterocycles. The van der Waals surface area contributed by atoms with Gasteiger partial charge in [0, 0.05) is 11.6 Å². The number of carbonyl (C=O) groups excluding carboxylic acids is 1. The minimum absolute atomic E-state index is 0.104. The number of benzene rings is 1. The zero-order chi connectivity index (χ0) is 19.4. The Morgan fingerprint density at radius 1 is 1.19 bits per heavy atom. The van der Waals surface area contributed by atoms with E-state index in [1.165, 1.54) is 12.3 Å². The third-order valence-corrected chi connectivity index (χ3v) is 3.70. The number of rotatable bonds is 5. The van der Waals surface area contributed by atoms with Crippen molar-refractivity contribution in [3.8, 4) is 0 Å². The van der Waals surface area contributed by atoms with Gasteiger partial charge in [-0.25, -0.2) is 9.37 Å². The molecule has 0 saturated carbocycles. The van der Waals surface area contributed by atoms with Gasteiger partial charge in [0.2, 0.25) is 5.89 Å². The van der Waals surface area contributed by atoms with E-state index in [2.05, 4.69) is 25.8 Å². The highest BCUT2D eigenvalue weighted by atomic mass is 19.1. The standard InChI is InChI=1S/C19H20FN5O2/c1-19(2,3)18-24-15(25-27-18)11-22-17(26)12-7-6-10-21-16(12)23-14-9-5-4-8-13(14)20/h4-10H,11H2,1-3H3,(H,21,23)(H,22,26). The summed E-state index contributed by atoms with van der Waals surface area (Å²) in [5.41, 5.74) is 0.244. The molecule has 2 heterocycles.